The van der Waals surface area contributed by atoms with Gasteiger partial charge in [-0.15, -0.1) is 0 Å². The van der Waals surface area contributed by atoms with Gasteiger partial charge in [-0.25, -0.2) is 4.79 Å². The van der Waals surface area contributed by atoms with E-state index in [1.54, 1.807) is 30.3 Å². The number of anilines is 1. The lowest BCUT2D eigenvalue weighted by Crippen LogP contribution is -2.12. The van der Waals surface area contributed by atoms with Crippen LogP contribution in [-0.4, -0.2) is 11.9 Å². The number of aryl methyl sites for hydroxylation is 1. The zero-order chi connectivity index (χ0) is 21.5. The van der Waals surface area contributed by atoms with E-state index < -0.39 is 5.97 Å². The van der Waals surface area contributed by atoms with Crippen LogP contribution >= 0.6 is 0 Å². The van der Waals surface area contributed by atoms with Gasteiger partial charge < -0.3 is 10.1 Å². The molecule has 152 valence electrons. The Morgan fingerprint density at radius 3 is 2.10 bits per heavy atom. The molecule has 4 nitrogen and oxygen atoms in total. The molecular weight excluding hydrogens is 374 g/mol. The average Bonchev–Trinajstić information content (AvgIpc) is 2.74. The monoisotopic (exact) mass is 399 g/mol. The number of hydrogen-bond donors (Lipinski definition) is 1. The summed E-state index contributed by atoms with van der Waals surface area (Å²) in [5.41, 5.74) is 4.52. The van der Waals surface area contributed by atoms with Crippen LogP contribution in [-0.2, 0) is 4.79 Å². The molecule has 0 fully saturated rings. The number of amides is 1. The van der Waals surface area contributed by atoms with Crippen LogP contribution in [0.5, 0.6) is 5.75 Å². The van der Waals surface area contributed by atoms with Gasteiger partial charge in [0.1, 0.15) is 5.75 Å². The van der Waals surface area contributed by atoms with E-state index in [2.05, 4.69) is 31.3 Å². The second-order valence-corrected chi connectivity index (χ2v) is 7.42. The molecule has 0 aliphatic carbocycles. The van der Waals surface area contributed by atoms with E-state index in [1.807, 2.05) is 43.3 Å². The van der Waals surface area contributed by atoms with Gasteiger partial charge in [-0.2, -0.15) is 0 Å². The molecule has 3 aromatic carbocycles. The maximum Gasteiger partial charge on any atom is 0.336 e. The van der Waals surface area contributed by atoms with Crippen LogP contribution in [0, 0.1) is 6.92 Å². The molecule has 0 saturated carbocycles. The maximum atomic E-state index is 12.3. The minimum Gasteiger partial charge on any atom is -0.423 e. The lowest BCUT2D eigenvalue weighted by atomic mass is 10.0. The fraction of sp³-hybridized carbons (Fsp3) is 0.154. The smallest absolute Gasteiger partial charge is 0.336 e. The highest BCUT2D eigenvalue weighted by Crippen LogP contribution is 2.17. The van der Waals surface area contributed by atoms with Gasteiger partial charge in [-0.1, -0.05) is 55.8 Å². The second-order valence-electron chi connectivity index (χ2n) is 7.42. The van der Waals surface area contributed by atoms with Crippen molar-refractivity contribution >= 4 is 23.6 Å². The van der Waals surface area contributed by atoms with Crippen molar-refractivity contribution in [1.82, 2.24) is 0 Å². The summed E-state index contributed by atoms with van der Waals surface area (Å²) in [6, 6.07) is 22.1. The van der Waals surface area contributed by atoms with Crippen molar-refractivity contribution in [2.75, 3.05) is 5.32 Å². The lowest BCUT2D eigenvalue weighted by molar-refractivity contribution is -0.128. The van der Waals surface area contributed by atoms with Crippen LogP contribution in [0.3, 0.4) is 0 Å². The van der Waals surface area contributed by atoms with Gasteiger partial charge in [0, 0.05) is 17.3 Å². The molecule has 0 unspecified atom stereocenters. The zero-order valence-electron chi connectivity index (χ0n) is 17.4. The highest BCUT2D eigenvalue weighted by Gasteiger charge is 2.07. The lowest BCUT2D eigenvalue weighted by Gasteiger charge is -2.07. The molecule has 1 N–H and O–H groups in total. The Labute approximate surface area is 177 Å². The van der Waals surface area contributed by atoms with E-state index in [0.717, 1.165) is 16.8 Å². The van der Waals surface area contributed by atoms with Crippen molar-refractivity contribution in [3.63, 3.8) is 0 Å². The molecule has 30 heavy (non-hydrogen) atoms. The Kier molecular flexibility index (Phi) is 6.81. The summed E-state index contributed by atoms with van der Waals surface area (Å²) < 4.78 is 5.31. The van der Waals surface area contributed by atoms with Crippen LogP contribution in [0.2, 0.25) is 0 Å². The molecule has 4 heteroatoms. The molecule has 0 aliphatic heterocycles. The number of esters is 1. The summed E-state index contributed by atoms with van der Waals surface area (Å²) in [6.07, 6.45) is 3.11. The Morgan fingerprint density at radius 1 is 0.867 bits per heavy atom. The Bertz CT molecular complexity index is 1030. The number of carbonyl (C=O) groups excluding carboxylic acids is 2. The van der Waals surface area contributed by atoms with E-state index in [0.29, 0.717) is 17.2 Å². The first-order chi connectivity index (χ1) is 14.4. The number of hydrogen-bond acceptors (Lipinski definition) is 3. The topological polar surface area (TPSA) is 55.4 Å². The van der Waals surface area contributed by atoms with E-state index in [-0.39, 0.29) is 5.91 Å². The van der Waals surface area contributed by atoms with E-state index in [9.17, 15) is 9.59 Å². The first kappa shape index (κ1) is 21.1. The molecular formula is C26H25NO3. The molecule has 0 bridgehead atoms. The Hall–Kier alpha value is -3.66. The molecule has 0 saturated heterocycles. The van der Waals surface area contributed by atoms with E-state index >= 15 is 0 Å². The molecule has 3 aromatic rings. The van der Waals surface area contributed by atoms with Gasteiger partial charge in [0.2, 0.25) is 0 Å². The van der Waals surface area contributed by atoms with Crippen LogP contribution in [0.1, 0.15) is 46.8 Å². The van der Waals surface area contributed by atoms with Crippen molar-refractivity contribution in [3.05, 3.63) is 101 Å². The van der Waals surface area contributed by atoms with E-state index in [1.165, 1.54) is 11.6 Å². The molecule has 1 amide bonds. The fourth-order valence-corrected chi connectivity index (χ4v) is 2.82. The van der Waals surface area contributed by atoms with Gasteiger partial charge in [0.25, 0.3) is 5.91 Å². The molecule has 3 rings (SSSR count). The summed E-state index contributed by atoms with van der Waals surface area (Å²) in [7, 11) is 0. The number of carbonyl (C=O) groups is 2. The van der Waals surface area contributed by atoms with E-state index in [4.69, 9.17) is 4.74 Å². The predicted octanol–water partition coefficient (Wildman–Crippen LogP) is 5.99. The quantitative estimate of drug-likeness (QED) is 0.315. The van der Waals surface area contributed by atoms with Crippen molar-refractivity contribution < 1.29 is 14.3 Å². The van der Waals surface area contributed by atoms with Gasteiger partial charge in [-0.05, 0) is 66.4 Å². The van der Waals surface area contributed by atoms with Crippen molar-refractivity contribution in [1.29, 1.82) is 0 Å². The normalized spacial score (nSPS) is 10.9. The summed E-state index contributed by atoms with van der Waals surface area (Å²) in [5.74, 6) is 0.155. The molecule has 0 aliphatic rings. The number of ether oxygens (including phenoxy) is 1. The van der Waals surface area contributed by atoms with Gasteiger partial charge in [0.15, 0.2) is 0 Å². The van der Waals surface area contributed by atoms with Crippen LogP contribution < -0.4 is 10.1 Å². The standard InChI is InChI=1S/C26H25NO3/c1-18(2)21-9-6-20(7-10-21)8-17-25(28)30-24-15-11-22(12-16-24)26(29)27-23-13-4-19(3)5-14-23/h4-18H,1-3H3,(H,27,29)/b17-8+. The third kappa shape index (κ3) is 5.92. The first-order valence-corrected chi connectivity index (χ1v) is 9.88. The van der Waals surface area contributed by atoms with Gasteiger partial charge in [-0.3, -0.25) is 4.79 Å². The third-order valence-electron chi connectivity index (χ3n) is 4.66. The number of benzene rings is 3. The van der Waals surface area contributed by atoms with Crippen molar-refractivity contribution in [2.45, 2.75) is 26.7 Å². The van der Waals surface area contributed by atoms with Crippen LogP contribution in [0.25, 0.3) is 6.08 Å². The highest BCUT2D eigenvalue weighted by molar-refractivity contribution is 6.04. The van der Waals surface area contributed by atoms with Crippen LogP contribution in [0.15, 0.2) is 78.9 Å². The summed E-state index contributed by atoms with van der Waals surface area (Å²) in [4.78, 5) is 24.4. The maximum absolute atomic E-state index is 12.3. The SMILES string of the molecule is Cc1ccc(NC(=O)c2ccc(OC(=O)/C=C/c3ccc(C(C)C)cc3)cc2)cc1. The average molecular weight is 399 g/mol. The minimum atomic E-state index is -0.472. The highest BCUT2D eigenvalue weighted by atomic mass is 16.5. The van der Waals surface area contributed by atoms with Crippen molar-refractivity contribution in [2.24, 2.45) is 0 Å². The Balaban J connectivity index is 1.56. The summed E-state index contributed by atoms with van der Waals surface area (Å²) >= 11 is 0. The number of rotatable bonds is 6. The zero-order valence-corrected chi connectivity index (χ0v) is 17.4. The molecule has 0 spiro atoms. The van der Waals surface area contributed by atoms with Gasteiger partial charge in [0.05, 0.1) is 0 Å². The minimum absolute atomic E-state index is 0.221. The first-order valence-electron chi connectivity index (χ1n) is 9.88. The molecule has 0 atom stereocenters. The van der Waals surface area contributed by atoms with Crippen molar-refractivity contribution in [3.8, 4) is 5.75 Å². The molecule has 0 aromatic heterocycles. The number of nitrogens with one attached hydrogen (secondary N) is 1. The summed E-state index contributed by atoms with van der Waals surface area (Å²) in [6.45, 7) is 6.27. The van der Waals surface area contributed by atoms with Gasteiger partial charge >= 0.3 is 5.97 Å². The van der Waals surface area contributed by atoms with Crippen LogP contribution in [0.4, 0.5) is 5.69 Å². The summed E-state index contributed by atoms with van der Waals surface area (Å²) in [5, 5.41) is 2.84. The Morgan fingerprint density at radius 2 is 1.50 bits per heavy atom. The fourth-order valence-electron chi connectivity index (χ4n) is 2.82. The second kappa shape index (κ2) is 9.70. The largest absolute Gasteiger partial charge is 0.423 e. The molecule has 0 heterocycles. The predicted molar refractivity (Wildman–Crippen MR) is 121 cm³/mol. The molecule has 0 radical (unpaired) electrons. The third-order valence-corrected chi connectivity index (χ3v) is 4.66.